The fourth-order valence-corrected chi connectivity index (χ4v) is 3.04. The number of ketones is 1. The number of hydrogen-bond acceptors (Lipinski definition) is 3. The van der Waals surface area contributed by atoms with E-state index in [-0.39, 0.29) is 5.78 Å². The lowest BCUT2D eigenvalue weighted by Crippen LogP contribution is -2.07. The van der Waals surface area contributed by atoms with Crippen molar-refractivity contribution >= 4 is 27.5 Å². The molecular weight excluding hydrogens is 298 g/mol. The van der Waals surface area contributed by atoms with Crippen molar-refractivity contribution in [3.8, 4) is 5.75 Å². The number of aromatic nitrogens is 1. The van der Waals surface area contributed by atoms with Gasteiger partial charge in [0.05, 0.1) is 18.2 Å². The highest BCUT2D eigenvalue weighted by Gasteiger charge is 2.19. The summed E-state index contributed by atoms with van der Waals surface area (Å²) in [6, 6.07) is 23.0. The van der Waals surface area contributed by atoms with Gasteiger partial charge in [-0.1, -0.05) is 54.6 Å². The van der Waals surface area contributed by atoms with E-state index < -0.39 is 0 Å². The molecule has 0 aliphatic heterocycles. The molecule has 3 heteroatoms. The van der Waals surface area contributed by atoms with Crippen LogP contribution in [-0.2, 0) is 0 Å². The molecule has 0 spiro atoms. The first-order chi connectivity index (χ1) is 11.8. The average Bonchev–Trinajstić information content (AvgIpc) is 2.66. The van der Waals surface area contributed by atoms with E-state index >= 15 is 0 Å². The number of rotatable bonds is 3. The summed E-state index contributed by atoms with van der Waals surface area (Å²) in [6.07, 6.45) is 0. The van der Waals surface area contributed by atoms with Gasteiger partial charge in [0.2, 0.25) is 5.78 Å². The van der Waals surface area contributed by atoms with E-state index in [9.17, 15) is 4.79 Å². The van der Waals surface area contributed by atoms with Crippen molar-refractivity contribution in [3.05, 3.63) is 84.1 Å². The summed E-state index contributed by atoms with van der Waals surface area (Å²) < 4.78 is 5.34. The summed E-state index contributed by atoms with van der Waals surface area (Å²) >= 11 is 0. The molecule has 3 nitrogen and oxygen atoms in total. The Balaban J connectivity index is 2.03. The maximum absolute atomic E-state index is 13.1. The molecule has 0 N–H and O–H groups in total. The monoisotopic (exact) mass is 313 g/mol. The van der Waals surface area contributed by atoms with Crippen molar-refractivity contribution in [2.24, 2.45) is 0 Å². The van der Waals surface area contributed by atoms with E-state index in [4.69, 9.17) is 4.74 Å². The standard InChI is InChI=1S/C21H15NO2/c1-24-19-13-7-5-11-17(19)21(23)20-16-10-3-2-8-14(16)15-9-4-6-12-18(15)22-20/h2-13H,1H3. The van der Waals surface area contributed by atoms with Crippen LogP contribution in [0.4, 0.5) is 0 Å². The quantitative estimate of drug-likeness (QED) is 0.409. The van der Waals surface area contributed by atoms with E-state index in [1.165, 1.54) is 0 Å². The van der Waals surface area contributed by atoms with E-state index in [0.717, 1.165) is 21.7 Å². The SMILES string of the molecule is COc1ccccc1C(=O)c1nc2ccccc2c2ccccc12. The van der Waals surface area contributed by atoms with Crippen LogP contribution in [0.15, 0.2) is 72.8 Å². The molecule has 0 saturated carbocycles. The van der Waals surface area contributed by atoms with Crippen LogP contribution in [-0.4, -0.2) is 17.9 Å². The van der Waals surface area contributed by atoms with Crippen molar-refractivity contribution in [1.29, 1.82) is 0 Å². The van der Waals surface area contributed by atoms with E-state index in [0.29, 0.717) is 17.0 Å². The molecule has 3 aromatic carbocycles. The van der Waals surface area contributed by atoms with Gasteiger partial charge in [0.25, 0.3) is 0 Å². The predicted molar refractivity (Wildman–Crippen MR) is 95.7 cm³/mol. The molecule has 1 aromatic heterocycles. The molecule has 116 valence electrons. The second kappa shape index (κ2) is 5.78. The number of ether oxygens (including phenoxy) is 1. The normalized spacial score (nSPS) is 10.9. The summed E-state index contributed by atoms with van der Waals surface area (Å²) in [7, 11) is 1.57. The van der Waals surface area contributed by atoms with Crippen LogP contribution in [0.2, 0.25) is 0 Å². The third-order valence-electron chi connectivity index (χ3n) is 4.18. The molecule has 24 heavy (non-hydrogen) atoms. The zero-order valence-corrected chi connectivity index (χ0v) is 13.2. The number of pyridine rings is 1. The van der Waals surface area contributed by atoms with Crippen molar-refractivity contribution in [2.75, 3.05) is 7.11 Å². The minimum absolute atomic E-state index is 0.130. The highest BCUT2D eigenvalue weighted by Crippen LogP contribution is 2.29. The Labute approximate surface area is 139 Å². The first kappa shape index (κ1) is 14.4. The summed E-state index contributed by atoms with van der Waals surface area (Å²) in [4.78, 5) is 17.8. The second-order valence-electron chi connectivity index (χ2n) is 5.55. The average molecular weight is 313 g/mol. The minimum Gasteiger partial charge on any atom is -0.496 e. The molecular formula is C21H15NO2. The van der Waals surface area contributed by atoms with E-state index in [1.54, 1.807) is 19.2 Å². The minimum atomic E-state index is -0.130. The van der Waals surface area contributed by atoms with Crippen LogP contribution in [0.3, 0.4) is 0 Å². The number of methoxy groups -OCH3 is 1. The Hall–Kier alpha value is -3.20. The van der Waals surface area contributed by atoms with Gasteiger partial charge in [-0.15, -0.1) is 0 Å². The predicted octanol–water partition coefficient (Wildman–Crippen LogP) is 4.63. The van der Waals surface area contributed by atoms with Crippen molar-refractivity contribution in [1.82, 2.24) is 4.98 Å². The van der Waals surface area contributed by atoms with Gasteiger partial charge >= 0.3 is 0 Å². The van der Waals surface area contributed by atoms with Gasteiger partial charge < -0.3 is 4.74 Å². The second-order valence-corrected chi connectivity index (χ2v) is 5.55. The summed E-state index contributed by atoms with van der Waals surface area (Å²) in [5.74, 6) is 0.427. The maximum Gasteiger partial charge on any atom is 0.215 e. The third kappa shape index (κ3) is 2.22. The molecule has 0 amide bonds. The number of nitrogens with zero attached hydrogens (tertiary/aromatic N) is 1. The van der Waals surface area contributed by atoms with E-state index in [1.807, 2.05) is 60.7 Å². The Morgan fingerprint density at radius 2 is 1.42 bits per heavy atom. The zero-order chi connectivity index (χ0) is 16.5. The maximum atomic E-state index is 13.1. The number of para-hydroxylation sites is 2. The van der Waals surface area contributed by atoms with Crippen molar-refractivity contribution in [2.45, 2.75) is 0 Å². The van der Waals surface area contributed by atoms with Crippen LogP contribution >= 0.6 is 0 Å². The molecule has 0 radical (unpaired) electrons. The lowest BCUT2D eigenvalue weighted by molar-refractivity contribution is 0.103. The highest BCUT2D eigenvalue weighted by molar-refractivity contribution is 6.20. The van der Waals surface area contributed by atoms with Crippen LogP contribution in [0, 0.1) is 0 Å². The number of benzene rings is 3. The molecule has 0 atom stereocenters. The molecule has 0 aliphatic rings. The number of hydrogen-bond donors (Lipinski definition) is 0. The summed E-state index contributed by atoms with van der Waals surface area (Å²) in [5, 5.41) is 2.93. The lowest BCUT2D eigenvalue weighted by Gasteiger charge is -2.11. The molecule has 0 unspecified atom stereocenters. The summed E-state index contributed by atoms with van der Waals surface area (Å²) in [5.41, 5.74) is 1.79. The van der Waals surface area contributed by atoms with Gasteiger partial charge in [-0.05, 0) is 23.6 Å². The highest BCUT2D eigenvalue weighted by atomic mass is 16.5. The first-order valence-corrected chi connectivity index (χ1v) is 7.75. The molecule has 0 saturated heterocycles. The Bertz CT molecular complexity index is 1070. The number of carbonyl (C=O) groups excluding carboxylic acids is 1. The zero-order valence-electron chi connectivity index (χ0n) is 13.2. The van der Waals surface area contributed by atoms with Gasteiger partial charge in [0, 0.05) is 10.8 Å². The molecule has 4 rings (SSSR count). The van der Waals surface area contributed by atoms with Crippen LogP contribution in [0.1, 0.15) is 16.1 Å². The van der Waals surface area contributed by atoms with Gasteiger partial charge in [-0.3, -0.25) is 4.79 Å². The molecule has 0 bridgehead atoms. The van der Waals surface area contributed by atoms with Crippen LogP contribution in [0.25, 0.3) is 21.7 Å². The van der Waals surface area contributed by atoms with Gasteiger partial charge in [0.1, 0.15) is 11.4 Å². The van der Waals surface area contributed by atoms with E-state index in [2.05, 4.69) is 4.98 Å². The molecule has 0 fully saturated rings. The number of fused-ring (bicyclic) bond motifs is 3. The van der Waals surface area contributed by atoms with Gasteiger partial charge in [-0.2, -0.15) is 0 Å². The topological polar surface area (TPSA) is 39.2 Å². The van der Waals surface area contributed by atoms with Crippen LogP contribution < -0.4 is 4.74 Å². The smallest absolute Gasteiger partial charge is 0.215 e. The fraction of sp³-hybridized carbons (Fsp3) is 0.0476. The third-order valence-corrected chi connectivity index (χ3v) is 4.18. The number of carbonyl (C=O) groups is 1. The molecule has 0 aliphatic carbocycles. The Morgan fingerprint density at radius 3 is 2.21 bits per heavy atom. The first-order valence-electron chi connectivity index (χ1n) is 7.75. The Kier molecular flexibility index (Phi) is 3.47. The molecule has 4 aromatic rings. The summed E-state index contributed by atoms with van der Waals surface area (Å²) in [6.45, 7) is 0. The largest absolute Gasteiger partial charge is 0.496 e. The van der Waals surface area contributed by atoms with Crippen molar-refractivity contribution < 1.29 is 9.53 Å². The molecule has 1 heterocycles. The van der Waals surface area contributed by atoms with Gasteiger partial charge in [0.15, 0.2) is 0 Å². The Morgan fingerprint density at radius 1 is 0.792 bits per heavy atom. The van der Waals surface area contributed by atoms with Crippen molar-refractivity contribution in [3.63, 3.8) is 0 Å². The van der Waals surface area contributed by atoms with Crippen LogP contribution in [0.5, 0.6) is 5.75 Å². The fourth-order valence-electron chi connectivity index (χ4n) is 3.04. The van der Waals surface area contributed by atoms with Gasteiger partial charge in [-0.25, -0.2) is 4.98 Å². The lowest BCUT2D eigenvalue weighted by atomic mass is 9.99.